The lowest BCUT2D eigenvalue weighted by Gasteiger charge is -2.13. The first kappa shape index (κ1) is 19.0. The summed E-state index contributed by atoms with van der Waals surface area (Å²) >= 11 is 12.1. The number of nitrogens with one attached hydrogen (secondary N) is 1. The van der Waals surface area contributed by atoms with Gasteiger partial charge in [0, 0.05) is 30.5 Å². The summed E-state index contributed by atoms with van der Waals surface area (Å²) in [6.45, 7) is 0. The van der Waals surface area contributed by atoms with Crippen molar-refractivity contribution in [2.75, 3.05) is 5.32 Å². The quantitative estimate of drug-likeness (QED) is 0.521. The van der Waals surface area contributed by atoms with Crippen LogP contribution in [0.4, 0.5) is 10.1 Å². The third-order valence-corrected chi connectivity index (χ3v) is 4.78. The zero-order valence-corrected chi connectivity index (χ0v) is 16.1. The fraction of sp³-hybridized carbons (Fsp3) is 0. The molecule has 1 aromatic carbocycles. The van der Waals surface area contributed by atoms with Crippen LogP contribution in [0.5, 0.6) is 0 Å². The molecule has 144 valence electrons. The standard InChI is InChI=1S/C20H11Cl2FN4O2/c21-15-8-24-9-16(22)17(15)26-20(29)14-10-27(12-5-3-11(23)4-6-12)19-13(18(14)28)2-1-7-25-19/h1-10H,(H,24,26,29). The van der Waals surface area contributed by atoms with E-state index in [2.05, 4.69) is 15.3 Å². The van der Waals surface area contributed by atoms with Crippen LogP contribution in [0, 0.1) is 5.82 Å². The molecule has 0 aliphatic heterocycles. The van der Waals surface area contributed by atoms with Crippen molar-refractivity contribution < 1.29 is 9.18 Å². The number of carbonyl (C=O) groups excluding carboxylic acids is 1. The van der Waals surface area contributed by atoms with E-state index in [0.717, 1.165) is 0 Å². The van der Waals surface area contributed by atoms with Crippen molar-refractivity contribution in [1.82, 2.24) is 14.5 Å². The van der Waals surface area contributed by atoms with E-state index in [9.17, 15) is 14.0 Å². The molecule has 0 aliphatic rings. The average molecular weight is 429 g/mol. The molecule has 6 nitrogen and oxygen atoms in total. The van der Waals surface area contributed by atoms with Gasteiger partial charge >= 0.3 is 0 Å². The largest absolute Gasteiger partial charge is 0.319 e. The van der Waals surface area contributed by atoms with Crippen molar-refractivity contribution in [3.8, 4) is 5.69 Å². The van der Waals surface area contributed by atoms with Crippen LogP contribution in [0.3, 0.4) is 0 Å². The number of fused-ring (bicyclic) bond motifs is 1. The highest BCUT2D eigenvalue weighted by Crippen LogP contribution is 2.29. The van der Waals surface area contributed by atoms with Crippen LogP contribution in [0.1, 0.15) is 10.4 Å². The maximum atomic E-state index is 13.3. The molecule has 0 spiro atoms. The lowest BCUT2D eigenvalue weighted by molar-refractivity contribution is 0.102. The van der Waals surface area contributed by atoms with E-state index in [4.69, 9.17) is 23.2 Å². The number of halogens is 3. The van der Waals surface area contributed by atoms with Crippen LogP contribution >= 0.6 is 23.2 Å². The van der Waals surface area contributed by atoms with Crippen molar-refractivity contribution >= 4 is 45.8 Å². The van der Waals surface area contributed by atoms with Gasteiger partial charge in [-0.25, -0.2) is 9.37 Å². The number of pyridine rings is 3. The zero-order valence-electron chi connectivity index (χ0n) is 14.6. The van der Waals surface area contributed by atoms with Crippen molar-refractivity contribution in [3.05, 3.63) is 92.8 Å². The first-order valence-corrected chi connectivity index (χ1v) is 9.08. The molecule has 3 aromatic heterocycles. The number of nitrogens with zero attached hydrogens (tertiary/aromatic N) is 3. The zero-order chi connectivity index (χ0) is 20.5. The molecule has 0 atom stereocenters. The monoisotopic (exact) mass is 428 g/mol. The number of benzene rings is 1. The van der Waals surface area contributed by atoms with Crippen LogP contribution in [-0.4, -0.2) is 20.4 Å². The van der Waals surface area contributed by atoms with E-state index in [1.807, 2.05) is 0 Å². The van der Waals surface area contributed by atoms with Gasteiger partial charge in [-0.05, 0) is 36.4 Å². The Morgan fingerprint density at radius 2 is 1.76 bits per heavy atom. The number of carbonyl (C=O) groups is 1. The van der Waals surface area contributed by atoms with E-state index in [1.54, 1.807) is 16.7 Å². The number of aromatic nitrogens is 3. The predicted molar refractivity (Wildman–Crippen MR) is 110 cm³/mol. The summed E-state index contributed by atoms with van der Waals surface area (Å²) in [4.78, 5) is 33.9. The molecule has 3 heterocycles. The Morgan fingerprint density at radius 1 is 1.07 bits per heavy atom. The topological polar surface area (TPSA) is 76.9 Å². The number of amides is 1. The molecular weight excluding hydrogens is 418 g/mol. The number of anilines is 1. The predicted octanol–water partition coefficient (Wildman–Crippen LogP) is 4.48. The van der Waals surface area contributed by atoms with Crippen molar-refractivity contribution in [2.24, 2.45) is 0 Å². The highest BCUT2D eigenvalue weighted by atomic mass is 35.5. The van der Waals surface area contributed by atoms with Gasteiger partial charge in [0.1, 0.15) is 17.0 Å². The summed E-state index contributed by atoms with van der Waals surface area (Å²) in [5.74, 6) is -1.11. The Kier molecular flexibility index (Phi) is 5.00. The number of hydrogen-bond donors (Lipinski definition) is 1. The number of hydrogen-bond acceptors (Lipinski definition) is 4. The van der Waals surface area contributed by atoms with E-state index < -0.39 is 17.2 Å². The first-order valence-electron chi connectivity index (χ1n) is 8.32. The second-order valence-electron chi connectivity index (χ2n) is 6.03. The van der Waals surface area contributed by atoms with E-state index in [0.29, 0.717) is 11.3 Å². The van der Waals surface area contributed by atoms with Crippen LogP contribution < -0.4 is 10.7 Å². The van der Waals surface area contributed by atoms with Crippen LogP contribution in [0.25, 0.3) is 16.7 Å². The summed E-state index contributed by atoms with van der Waals surface area (Å²) in [7, 11) is 0. The maximum absolute atomic E-state index is 13.3. The average Bonchev–Trinajstić information content (AvgIpc) is 2.72. The maximum Gasteiger partial charge on any atom is 0.261 e. The minimum Gasteiger partial charge on any atom is -0.319 e. The fourth-order valence-electron chi connectivity index (χ4n) is 2.83. The lowest BCUT2D eigenvalue weighted by atomic mass is 10.1. The second kappa shape index (κ2) is 7.62. The molecule has 29 heavy (non-hydrogen) atoms. The van der Waals surface area contributed by atoms with Gasteiger partial charge in [-0.1, -0.05) is 23.2 Å². The molecular formula is C20H11Cl2FN4O2. The summed E-state index contributed by atoms with van der Waals surface area (Å²) in [6.07, 6.45) is 5.52. The van der Waals surface area contributed by atoms with Crippen molar-refractivity contribution in [2.45, 2.75) is 0 Å². The molecule has 0 unspecified atom stereocenters. The Morgan fingerprint density at radius 3 is 2.45 bits per heavy atom. The molecule has 1 amide bonds. The van der Waals surface area contributed by atoms with Crippen molar-refractivity contribution in [1.29, 1.82) is 0 Å². The molecule has 4 aromatic rings. The van der Waals surface area contributed by atoms with Gasteiger partial charge in [0.25, 0.3) is 5.91 Å². The van der Waals surface area contributed by atoms with Gasteiger partial charge in [0.05, 0.1) is 21.1 Å². The fourth-order valence-corrected chi connectivity index (χ4v) is 3.29. The smallest absolute Gasteiger partial charge is 0.261 e. The van der Waals surface area contributed by atoms with Gasteiger partial charge in [0.2, 0.25) is 5.43 Å². The Bertz CT molecular complexity index is 1290. The molecule has 0 bridgehead atoms. The van der Waals surface area contributed by atoms with Crippen molar-refractivity contribution in [3.63, 3.8) is 0 Å². The van der Waals surface area contributed by atoms with Gasteiger partial charge in [-0.3, -0.25) is 14.6 Å². The van der Waals surface area contributed by atoms with Gasteiger partial charge in [-0.2, -0.15) is 0 Å². The Balaban J connectivity index is 1.89. The first-order chi connectivity index (χ1) is 14.0. The third kappa shape index (κ3) is 3.57. The highest BCUT2D eigenvalue weighted by Gasteiger charge is 2.19. The van der Waals surface area contributed by atoms with E-state index >= 15 is 0 Å². The molecule has 0 aliphatic carbocycles. The van der Waals surface area contributed by atoms with Crippen LogP contribution in [0.15, 0.2) is 66.0 Å². The summed E-state index contributed by atoms with van der Waals surface area (Å²) in [5.41, 5.74) is 0.348. The van der Waals surface area contributed by atoms with Crippen LogP contribution in [-0.2, 0) is 0 Å². The van der Waals surface area contributed by atoms with Crippen LogP contribution in [0.2, 0.25) is 10.0 Å². The molecule has 0 fully saturated rings. The highest BCUT2D eigenvalue weighted by molar-refractivity contribution is 6.39. The number of rotatable bonds is 3. The van der Waals surface area contributed by atoms with E-state index in [1.165, 1.54) is 49.1 Å². The molecule has 0 saturated heterocycles. The Hall–Kier alpha value is -3.29. The summed E-state index contributed by atoms with van der Waals surface area (Å²) in [6, 6.07) is 8.75. The van der Waals surface area contributed by atoms with E-state index in [-0.39, 0.29) is 26.7 Å². The normalized spacial score (nSPS) is 10.9. The minimum absolute atomic E-state index is 0.132. The van der Waals surface area contributed by atoms with Gasteiger partial charge in [0.15, 0.2) is 0 Å². The third-order valence-electron chi connectivity index (χ3n) is 4.20. The van der Waals surface area contributed by atoms with Gasteiger partial charge in [-0.15, -0.1) is 0 Å². The molecule has 9 heteroatoms. The van der Waals surface area contributed by atoms with Gasteiger partial charge < -0.3 is 9.88 Å². The summed E-state index contributed by atoms with van der Waals surface area (Å²) in [5, 5.41) is 3.05. The molecule has 0 saturated carbocycles. The molecule has 1 N–H and O–H groups in total. The second-order valence-corrected chi connectivity index (χ2v) is 6.84. The summed E-state index contributed by atoms with van der Waals surface area (Å²) < 4.78 is 14.9. The Labute approximate surface area is 173 Å². The SMILES string of the molecule is O=C(Nc1c(Cl)cncc1Cl)c1cn(-c2ccc(F)cc2)c2ncccc2c1=O. The molecule has 4 rings (SSSR count). The lowest BCUT2D eigenvalue weighted by Crippen LogP contribution is -2.24. The minimum atomic E-state index is -0.702. The molecule has 0 radical (unpaired) electrons.